The van der Waals surface area contributed by atoms with Gasteiger partial charge in [-0.05, 0) is 71.1 Å². The molecular weight excluding hydrogens is 358 g/mol. The fourth-order valence-corrected chi connectivity index (χ4v) is 4.36. The van der Waals surface area contributed by atoms with E-state index >= 15 is 0 Å². The first-order chi connectivity index (χ1) is 13.6. The van der Waals surface area contributed by atoms with E-state index in [0.29, 0.717) is 23.7 Å². The average molecular weight is 404 g/mol. The molecule has 1 fully saturated rings. The molecule has 0 radical (unpaired) electrons. The van der Waals surface area contributed by atoms with Crippen LogP contribution in [0.1, 0.15) is 99.3 Å². The summed E-state index contributed by atoms with van der Waals surface area (Å²) in [6.45, 7) is 17.1. The lowest BCUT2D eigenvalue weighted by Crippen LogP contribution is -2.24. The number of hydrogen-bond donors (Lipinski definition) is 2. The first-order valence-electron chi connectivity index (χ1n) is 11.6. The molecule has 1 rings (SSSR count). The van der Waals surface area contributed by atoms with E-state index in [-0.39, 0.29) is 5.41 Å². The SMILES string of the molecule is C=C(CC(C)C(CC)=N/C(N)=C(\C)NC(C)C)C1CCCCCC(C)(C=O)CC1. The van der Waals surface area contributed by atoms with Gasteiger partial charge in [-0.15, -0.1) is 0 Å². The molecule has 0 aromatic rings. The van der Waals surface area contributed by atoms with Crippen molar-refractivity contribution in [1.29, 1.82) is 0 Å². The van der Waals surface area contributed by atoms with Crippen LogP contribution in [0.4, 0.5) is 0 Å². The van der Waals surface area contributed by atoms with Crippen molar-refractivity contribution in [2.45, 2.75) is 105 Å². The van der Waals surface area contributed by atoms with Crippen LogP contribution in [-0.2, 0) is 4.79 Å². The van der Waals surface area contributed by atoms with Crippen LogP contribution in [-0.4, -0.2) is 18.0 Å². The van der Waals surface area contributed by atoms with Gasteiger partial charge in [0.15, 0.2) is 0 Å². The molecule has 0 amide bonds. The molecule has 0 heterocycles. The molecule has 1 aliphatic carbocycles. The van der Waals surface area contributed by atoms with Gasteiger partial charge in [0, 0.05) is 17.2 Å². The minimum Gasteiger partial charge on any atom is -0.383 e. The number of nitrogens with one attached hydrogen (secondary N) is 1. The van der Waals surface area contributed by atoms with E-state index in [1.807, 2.05) is 6.92 Å². The maximum absolute atomic E-state index is 11.6. The largest absolute Gasteiger partial charge is 0.383 e. The van der Waals surface area contributed by atoms with Crippen molar-refractivity contribution in [3.63, 3.8) is 0 Å². The van der Waals surface area contributed by atoms with E-state index < -0.39 is 0 Å². The smallest absolute Gasteiger partial charge is 0.142 e. The van der Waals surface area contributed by atoms with Gasteiger partial charge in [0.2, 0.25) is 0 Å². The van der Waals surface area contributed by atoms with E-state index in [1.165, 1.54) is 31.1 Å². The average Bonchev–Trinajstić information content (AvgIpc) is 2.76. The first kappa shape index (κ1) is 25.5. The third-order valence-electron chi connectivity index (χ3n) is 6.38. The van der Waals surface area contributed by atoms with Crippen molar-refractivity contribution in [1.82, 2.24) is 5.32 Å². The number of aliphatic imine (C=N–C) groups is 1. The fraction of sp³-hybridized carbons (Fsp3) is 0.760. The van der Waals surface area contributed by atoms with Gasteiger partial charge >= 0.3 is 0 Å². The van der Waals surface area contributed by atoms with Crippen LogP contribution in [0.15, 0.2) is 28.7 Å². The number of nitrogens with two attached hydrogens (primary N) is 1. The van der Waals surface area contributed by atoms with Gasteiger partial charge in [-0.3, -0.25) is 0 Å². The molecule has 0 aromatic carbocycles. The van der Waals surface area contributed by atoms with Gasteiger partial charge in [0.05, 0.1) is 5.70 Å². The Kier molecular flexibility index (Phi) is 10.7. The Morgan fingerprint density at radius 1 is 1.24 bits per heavy atom. The zero-order valence-electron chi connectivity index (χ0n) is 19.8. The summed E-state index contributed by atoms with van der Waals surface area (Å²) in [6.07, 6.45) is 10.9. The number of nitrogens with zero attached hydrogens (tertiary/aromatic N) is 1. The molecule has 0 saturated heterocycles. The molecule has 3 atom stereocenters. The quantitative estimate of drug-likeness (QED) is 0.276. The summed E-state index contributed by atoms with van der Waals surface area (Å²) >= 11 is 0. The molecule has 0 aliphatic heterocycles. The standard InChI is InChI=1S/C25H45N3O/c1-8-23(28-24(26)21(6)27-18(2)3)20(5)16-19(4)22-12-10-9-11-14-25(7,17-29)15-13-22/h17-18,20,22,27H,4,8-16,26H2,1-3,5-7H3/b24-21+,28-23?. The summed E-state index contributed by atoms with van der Waals surface area (Å²) in [5, 5.41) is 3.34. The molecule has 4 nitrogen and oxygen atoms in total. The monoisotopic (exact) mass is 403 g/mol. The third-order valence-corrected chi connectivity index (χ3v) is 6.38. The second kappa shape index (κ2) is 12.2. The summed E-state index contributed by atoms with van der Waals surface area (Å²) in [6, 6.07) is 0.339. The molecule has 4 heteroatoms. The fourth-order valence-electron chi connectivity index (χ4n) is 4.36. The van der Waals surface area contributed by atoms with Crippen molar-refractivity contribution in [2.75, 3.05) is 0 Å². The van der Waals surface area contributed by atoms with E-state index in [9.17, 15) is 4.79 Å². The molecule has 166 valence electrons. The number of aldehydes is 1. The summed E-state index contributed by atoms with van der Waals surface area (Å²) in [5.41, 5.74) is 9.44. The van der Waals surface area contributed by atoms with E-state index in [1.54, 1.807) is 0 Å². The van der Waals surface area contributed by atoms with Gasteiger partial charge in [-0.1, -0.05) is 52.2 Å². The number of carbonyl (C=O) groups is 1. The molecule has 1 aliphatic rings. The van der Waals surface area contributed by atoms with Crippen molar-refractivity contribution >= 4 is 12.0 Å². The number of allylic oxidation sites excluding steroid dienone is 2. The second-order valence-corrected chi connectivity index (χ2v) is 9.64. The molecule has 1 saturated carbocycles. The Labute approximate surface area is 179 Å². The topological polar surface area (TPSA) is 67.5 Å². The van der Waals surface area contributed by atoms with Crippen LogP contribution in [0, 0.1) is 17.3 Å². The van der Waals surface area contributed by atoms with Gasteiger partial charge in [-0.25, -0.2) is 4.99 Å². The number of hydrogen-bond acceptors (Lipinski definition) is 4. The predicted octanol–water partition coefficient (Wildman–Crippen LogP) is 6.13. The van der Waals surface area contributed by atoms with Crippen molar-refractivity contribution < 1.29 is 4.79 Å². The van der Waals surface area contributed by atoms with Crippen LogP contribution in [0.25, 0.3) is 0 Å². The Morgan fingerprint density at radius 3 is 2.52 bits per heavy atom. The van der Waals surface area contributed by atoms with Crippen molar-refractivity contribution in [3.8, 4) is 0 Å². The minimum atomic E-state index is -0.162. The van der Waals surface area contributed by atoms with Gasteiger partial charge in [0.25, 0.3) is 0 Å². The maximum Gasteiger partial charge on any atom is 0.142 e. The van der Waals surface area contributed by atoms with Crippen LogP contribution >= 0.6 is 0 Å². The lowest BCUT2D eigenvalue weighted by Gasteiger charge is -2.26. The molecule has 3 unspecified atom stereocenters. The van der Waals surface area contributed by atoms with Crippen LogP contribution in [0.2, 0.25) is 0 Å². The molecule has 0 spiro atoms. The highest BCUT2D eigenvalue weighted by atomic mass is 16.1. The van der Waals surface area contributed by atoms with E-state index in [0.717, 1.165) is 49.9 Å². The Bertz CT molecular complexity index is 605. The molecule has 3 N–H and O–H groups in total. The summed E-state index contributed by atoms with van der Waals surface area (Å²) < 4.78 is 0. The van der Waals surface area contributed by atoms with Crippen molar-refractivity contribution in [2.24, 2.45) is 28.0 Å². The van der Waals surface area contributed by atoms with Crippen LogP contribution < -0.4 is 11.1 Å². The van der Waals surface area contributed by atoms with Crippen molar-refractivity contribution in [3.05, 3.63) is 23.7 Å². The lowest BCUT2D eigenvalue weighted by molar-refractivity contribution is -0.116. The lowest BCUT2D eigenvalue weighted by atomic mass is 9.78. The zero-order valence-corrected chi connectivity index (χ0v) is 19.8. The second-order valence-electron chi connectivity index (χ2n) is 9.64. The first-order valence-corrected chi connectivity index (χ1v) is 11.6. The summed E-state index contributed by atoms with van der Waals surface area (Å²) in [7, 11) is 0. The molecular formula is C25H45N3O. The molecule has 0 bridgehead atoms. The number of carbonyl (C=O) groups excluding carboxylic acids is 1. The Balaban J connectivity index is 2.83. The molecule has 29 heavy (non-hydrogen) atoms. The molecule has 0 aromatic heterocycles. The summed E-state index contributed by atoms with van der Waals surface area (Å²) in [4.78, 5) is 16.4. The van der Waals surface area contributed by atoms with Gasteiger partial charge < -0.3 is 15.8 Å². The Morgan fingerprint density at radius 2 is 1.93 bits per heavy atom. The highest BCUT2D eigenvalue weighted by Crippen LogP contribution is 2.36. The minimum absolute atomic E-state index is 0.162. The maximum atomic E-state index is 11.6. The highest BCUT2D eigenvalue weighted by Gasteiger charge is 2.27. The zero-order chi connectivity index (χ0) is 22.0. The van der Waals surface area contributed by atoms with Crippen LogP contribution in [0.3, 0.4) is 0 Å². The van der Waals surface area contributed by atoms with Crippen LogP contribution in [0.5, 0.6) is 0 Å². The summed E-state index contributed by atoms with van der Waals surface area (Å²) in [5.74, 6) is 1.41. The third kappa shape index (κ3) is 8.76. The van der Waals surface area contributed by atoms with Gasteiger partial charge in [0.1, 0.15) is 12.1 Å². The highest BCUT2D eigenvalue weighted by molar-refractivity contribution is 5.87. The predicted molar refractivity (Wildman–Crippen MR) is 126 cm³/mol. The van der Waals surface area contributed by atoms with Gasteiger partial charge in [-0.2, -0.15) is 0 Å². The number of rotatable bonds is 9. The Hall–Kier alpha value is -1.58. The van der Waals surface area contributed by atoms with E-state index in [2.05, 4.69) is 46.5 Å². The van der Waals surface area contributed by atoms with E-state index in [4.69, 9.17) is 10.7 Å². The normalized spacial score (nSPS) is 26.0.